The molecule has 0 radical (unpaired) electrons. The van der Waals surface area contributed by atoms with Crippen molar-refractivity contribution in [2.75, 3.05) is 5.32 Å². The van der Waals surface area contributed by atoms with E-state index in [0.29, 0.717) is 32.4 Å². The SMILES string of the molecule is N#CC(=CNc1ccc(Cl)cc1C(=O)c1ccccc1)c1nc(-c2ccccc2)cs1. The van der Waals surface area contributed by atoms with Crippen molar-refractivity contribution in [3.63, 3.8) is 0 Å². The number of hydrogen-bond acceptors (Lipinski definition) is 5. The summed E-state index contributed by atoms with van der Waals surface area (Å²) in [6, 6.07) is 26.0. The van der Waals surface area contributed by atoms with Gasteiger partial charge in [0, 0.05) is 39.0 Å². The van der Waals surface area contributed by atoms with Crippen molar-refractivity contribution in [2.24, 2.45) is 0 Å². The lowest BCUT2D eigenvalue weighted by molar-refractivity contribution is 0.103. The van der Waals surface area contributed by atoms with Gasteiger partial charge in [-0.3, -0.25) is 4.79 Å². The Hall–Kier alpha value is -3.72. The van der Waals surface area contributed by atoms with Gasteiger partial charge in [0.15, 0.2) is 5.78 Å². The Balaban J connectivity index is 1.63. The third-order valence-corrected chi connectivity index (χ3v) is 5.67. The first-order chi connectivity index (χ1) is 15.2. The van der Waals surface area contributed by atoms with Gasteiger partial charge in [0.1, 0.15) is 16.6 Å². The van der Waals surface area contributed by atoms with Gasteiger partial charge in [-0.1, -0.05) is 72.3 Å². The van der Waals surface area contributed by atoms with Crippen molar-refractivity contribution in [1.82, 2.24) is 4.98 Å². The number of anilines is 1. The maximum atomic E-state index is 13.0. The van der Waals surface area contributed by atoms with Gasteiger partial charge in [0.05, 0.1) is 5.69 Å². The number of halogens is 1. The molecule has 4 aromatic rings. The Bertz CT molecular complexity index is 1290. The molecule has 0 unspecified atom stereocenters. The second kappa shape index (κ2) is 9.40. The Morgan fingerprint density at radius 3 is 2.45 bits per heavy atom. The van der Waals surface area contributed by atoms with Crippen LogP contribution in [0.2, 0.25) is 5.02 Å². The number of nitriles is 1. The summed E-state index contributed by atoms with van der Waals surface area (Å²) in [5.41, 5.74) is 3.73. The molecule has 31 heavy (non-hydrogen) atoms. The topological polar surface area (TPSA) is 65.8 Å². The molecule has 0 atom stereocenters. The Labute approximate surface area is 189 Å². The molecule has 0 spiro atoms. The standard InChI is InChI=1S/C25H16ClN3OS/c26-20-11-12-22(21(13-20)24(30)18-9-5-2-6-10-18)28-15-19(14-27)25-29-23(16-31-25)17-7-3-1-4-8-17/h1-13,15-16,28H. The number of thiazole rings is 1. The van der Waals surface area contributed by atoms with Crippen molar-refractivity contribution in [3.05, 3.63) is 112 Å². The van der Waals surface area contributed by atoms with E-state index in [-0.39, 0.29) is 5.78 Å². The largest absolute Gasteiger partial charge is 0.360 e. The van der Waals surface area contributed by atoms with E-state index in [1.807, 2.05) is 53.9 Å². The van der Waals surface area contributed by atoms with Crippen molar-refractivity contribution >= 4 is 40.0 Å². The Morgan fingerprint density at radius 2 is 1.74 bits per heavy atom. The lowest BCUT2D eigenvalue weighted by atomic mass is 10.0. The quantitative estimate of drug-likeness (QED) is 0.268. The predicted octanol–water partition coefficient (Wildman–Crippen LogP) is 6.67. The van der Waals surface area contributed by atoms with Crippen molar-refractivity contribution in [2.45, 2.75) is 0 Å². The van der Waals surface area contributed by atoms with E-state index in [9.17, 15) is 10.1 Å². The molecule has 3 aromatic carbocycles. The molecule has 1 heterocycles. The molecule has 0 fully saturated rings. The minimum atomic E-state index is -0.155. The van der Waals surface area contributed by atoms with E-state index in [4.69, 9.17) is 11.6 Å². The third-order valence-electron chi connectivity index (χ3n) is 4.56. The Morgan fingerprint density at radius 1 is 1.03 bits per heavy atom. The highest BCUT2D eigenvalue weighted by molar-refractivity contribution is 7.11. The van der Waals surface area contributed by atoms with Gasteiger partial charge in [0.2, 0.25) is 0 Å². The number of allylic oxidation sites excluding steroid dienone is 1. The summed E-state index contributed by atoms with van der Waals surface area (Å²) in [4.78, 5) is 17.6. The van der Waals surface area contributed by atoms with Crippen LogP contribution in [0, 0.1) is 11.3 Å². The number of aromatic nitrogens is 1. The molecular weight excluding hydrogens is 426 g/mol. The number of carbonyl (C=O) groups is 1. The highest BCUT2D eigenvalue weighted by Crippen LogP contribution is 2.27. The Kier molecular flexibility index (Phi) is 6.23. The van der Waals surface area contributed by atoms with Crippen molar-refractivity contribution < 1.29 is 4.79 Å². The first-order valence-electron chi connectivity index (χ1n) is 9.43. The maximum Gasteiger partial charge on any atom is 0.195 e. The lowest BCUT2D eigenvalue weighted by Crippen LogP contribution is -2.05. The number of nitrogens with zero attached hydrogens (tertiary/aromatic N) is 2. The van der Waals surface area contributed by atoms with Crippen LogP contribution in [0.3, 0.4) is 0 Å². The number of hydrogen-bond donors (Lipinski definition) is 1. The van der Waals surface area contributed by atoms with Gasteiger partial charge in [-0.25, -0.2) is 4.98 Å². The van der Waals surface area contributed by atoms with Gasteiger partial charge < -0.3 is 5.32 Å². The summed E-state index contributed by atoms with van der Waals surface area (Å²) in [7, 11) is 0. The van der Waals surface area contributed by atoms with Crippen molar-refractivity contribution in [1.29, 1.82) is 5.26 Å². The fourth-order valence-corrected chi connectivity index (χ4v) is 3.97. The van der Waals surface area contributed by atoms with Crippen LogP contribution in [0.5, 0.6) is 0 Å². The number of nitrogens with one attached hydrogen (secondary N) is 1. The molecule has 4 rings (SSSR count). The normalized spacial score (nSPS) is 11.0. The average Bonchev–Trinajstić information content (AvgIpc) is 3.31. The molecule has 150 valence electrons. The summed E-state index contributed by atoms with van der Waals surface area (Å²) in [5, 5.41) is 15.7. The summed E-state index contributed by atoms with van der Waals surface area (Å²) < 4.78 is 0. The summed E-state index contributed by atoms with van der Waals surface area (Å²) >= 11 is 7.53. The minimum absolute atomic E-state index is 0.155. The fraction of sp³-hybridized carbons (Fsp3) is 0. The van der Waals surface area contributed by atoms with Crippen LogP contribution >= 0.6 is 22.9 Å². The molecule has 0 bridgehead atoms. The first kappa shape index (κ1) is 20.5. The zero-order chi connectivity index (χ0) is 21.6. The van der Waals surface area contributed by atoms with Gasteiger partial charge in [0.25, 0.3) is 0 Å². The minimum Gasteiger partial charge on any atom is -0.360 e. The summed E-state index contributed by atoms with van der Waals surface area (Å²) in [6.07, 6.45) is 1.57. The second-order valence-corrected chi connectivity index (χ2v) is 7.90. The second-order valence-electron chi connectivity index (χ2n) is 6.60. The lowest BCUT2D eigenvalue weighted by Gasteiger charge is -2.10. The van der Waals surface area contributed by atoms with Crippen LogP contribution in [0.15, 0.2) is 90.4 Å². The molecule has 6 heteroatoms. The molecule has 0 saturated heterocycles. The molecule has 0 saturated carbocycles. The van der Waals surface area contributed by atoms with Gasteiger partial charge in [-0.2, -0.15) is 5.26 Å². The van der Waals surface area contributed by atoms with E-state index < -0.39 is 0 Å². The van der Waals surface area contributed by atoms with Crippen LogP contribution in [0.4, 0.5) is 5.69 Å². The molecule has 1 aromatic heterocycles. The molecule has 0 aliphatic rings. The number of carbonyl (C=O) groups excluding carboxylic acids is 1. The van der Waals surface area contributed by atoms with E-state index in [0.717, 1.165) is 11.3 Å². The van der Waals surface area contributed by atoms with Crippen LogP contribution in [-0.2, 0) is 0 Å². The number of benzene rings is 3. The maximum absolute atomic E-state index is 13.0. The average molecular weight is 442 g/mol. The monoisotopic (exact) mass is 441 g/mol. The van der Waals surface area contributed by atoms with Gasteiger partial charge >= 0.3 is 0 Å². The van der Waals surface area contributed by atoms with E-state index in [2.05, 4.69) is 16.4 Å². The molecule has 0 aliphatic carbocycles. The van der Waals surface area contributed by atoms with Crippen LogP contribution < -0.4 is 5.32 Å². The molecule has 0 aliphatic heterocycles. The fourth-order valence-electron chi connectivity index (χ4n) is 3.01. The van der Waals surface area contributed by atoms with E-state index in [1.165, 1.54) is 11.3 Å². The molecule has 1 N–H and O–H groups in total. The third kappa shape index (κ3) is 4.72. The van der Waals surface area contributed by atoms with Crippen LogP contribution in [0.1, 0.15) is 20.9 Å². The highest BCUT2D eigenvalue weighted by atomic mass is 35.5. The molecular formula is C25H16ClN3OS. The predicted molar refractivity (Wildman–Crippen MR) is 126 cm³/mol. The highest BCUT2D eigenvalue weighted by Gasteiger charge is 2.15. The molecule has 4 nitrogen and oxygen atoms in total. The number of ketones is 1. The van der Waals surface area contributed by atoms with Gasteiger partial charge in [-0.05, 0) is 18.2 Å². The molecule has 0 amide bonds. The van der Waals surface area contributed by atoms with Crippen LogP contribution in [0.25, 0.3) is 16.8 Å². The van der Waals surface area contributed by atoms with E-state index in [1.54, 1.807) is 36.5 Å². The van der Waals surface area contributed by atoms with Crippen LogP contribution in [-0.4, -0.2) is 10.8 Å². The number of rotatable bonds is 6. The van der Waals surface area contributed by atoms with Crippen molar-refractivity contribution in [3.8, 4) is 17.3 Å². The van der Waals surface area contributed by atoms with E-state index >= 15 is 0 Å². The smallest absolute Gasteiger partial charge is 0.195 e. The zero-order valence-corrected chi connectivity index (χ0v) is 17.8. The first-order valence-corrected chi connectivity index (χ1v) is 10.7. The zero-order valence-electron chi connectivity index (χ0n) is 16.2. The summed E-state index contributed by atoms with van der Waals surface area (Å²) in [6.45, 7) is 0. The summed E-state index contributed by atoms with van der Waals surface area (Å²) in [5.74, 6) is -0.155. The van der Waals surface area contributed by atoms with Gasteiger partial charge in [-0.15, -0.1) is 11.3 Å².